The number of ether oxygens (including phenoxy) is 1. The predicted molar refractivity (Wildman–Crippen MR) is 103 cm³/mol. The van der Waals surface area contributed by atoms with Crippen LogP contribution in [-0.4, -0.2) is 19.9 Å². The van der Waals surface area contributed by atoms with E-state index in [0.717, 1.165) is 18.5 Å². The second kappa shape index (κ2) is 7.38. The number of hydrogen-bond donors (Lipinski definition) is 2. The Labute approximate surface area is 158 Å². The highest BCUT2D eigenvalue weighted by atomic mass is 32.2. The molecule has 0 saturated heterocycles. The zero-order chi connectivity index (χ0) is 18.7. The van der Waals surface area contributed by atoms with E-state index in [1.807, 2.05) is 6.07 Å². The quantitative estimate of drug-likeness (QED) is 0.709. The van der Waals surface area contributed by atoms with Crippen molar-refractivity contribution in [2.45, 2.75) is 17.9 Å². The monoisotopic (exact) mass is 381 g/mol. The number of nitrogens with one attached hydrogen (secondary N) is 2. The first-order chi connectivity index (χ1) is 13.1. The van der Waals surface area contributed by atoms with Gasteiger partial charge in [0.1, 0.15) is 11.5 Å². The molecule has 0 radical (unpaired) electrons. The fourth-order valence-corrected chi connectivity index (χ4v) is 4.08. The van der Waals surface area contributed by atoms with Crippen molar-refractivity contribution >= 4 is 15.7 Å². The van der Waals surface area contributed by atoms with Crippen LogP contribution in [0.5, 0.6) is 11.5 Å². The zero-order valence-corrected chi connectivity index (χ0v) is 15.4. The standard InChI is InChI=1S/C20H19N3O3S/c24-27(25,20-8-3-15-9-11-22-13-16(15)12-20)23-17-4-6-18(7-5-17)26-19-2-1-10-21-14-19/h1-8,10,12,14,22-23H,9,11,13H2. The average molecular weight is 381 g/mol. The highest BCUT2D eigenvalue weighted by molar-refractivity contribution is 7.92. The average Bonchev–Trinajstić information content (AvgIpc) is 2.70. The van der Waals surface area contributed by atoms with Crippen LogP contribution in [0.1, 0.15) is 11.1 Å². The van der Waals surface area contributed by atoms with Crippen LogP contribution >= 0.6 is 0 Å². The molecule has 0 atom stereocenters. The second-order valence-corrected chi connectivity index (χ2v) is 7.96. The van der Waals surface area contributed by atoms with Crippen molar-refractivity contribution in [3.63, 3.8) is 0 Å². The molecule has 2 aromatic carbocycles. The third-order valence-corrected chi connectivity index (χ3v) is 5.73. The summed E-state index contributed by atoms with van der Waals surface area (Å²) in [6.45, 7) is 1.61. The fourth-order valence-electron chi connectivity index (χ4n) is 2.97. The van der Waals surface area contributed by atoms with Crippen molar-refractivity contribution in [2.24, 2.45) is 0 Å². The molecule has 7 heteroatoms. The predicted octanol–water partition coefficient (Wildman–Crippen LogP) is 3.32. The highest BCUT2D eigenvalue weighted by Crippen LogP contribution is 2.25. The Hall–Kier alpha value is -2.90. The van der Waals surface area contributed by atoms with Crippen molar-refractivity contribution in [1.29, 1.82) is 0 Å². The Bertz CT molecular complexity index is 1040. The van der Waals surface area contributed by atoms with E-state index in [2.05, 4.69) is 15.0 Å². The zero-order valence-electron chi connectivity index (χ0n) is 14.6. The van der Waals surface area contributed by atoms with E-state index in [-0.39, 0.29) is 4.90 Å². The molecule has 1 aliphatic rings. The Morgan fingerprint density at radius 2 is 1.85 bits per heavy atom. The molecule has 0 aliphatic carbocycles. The smallest absolute Gasteiger partial charge is 0.261 e. The van der Waals surface area contributed by atoms with Crippen molar-refractivity contribution in [3.8, 4) is 11.5 Å². The summed E-state index contributed by atoms with van der Waals surface area (Å²) < 4.78 is 33.7. The van der Waals surface area contributed by atoms with Crippen molar-refractivity contribution < 1.29 is 13.2 Å². The van der Waals surface area contributed by atoms with Crippen LogP contribution in [0, 0.1) is 0 Å². The minimum absolute atomic E-state index is 0.264. The van der Waals surface area contributed by atoms with Gasteiger partial charge in [-0.05, 0) is 72.6 Å². The molecule has 0 saturated carbocycles. The molecular formula is C20H19N3O3S. The maximum absolute atomic E-state index is 12.7. The number of fused-ring (bicyclic) bond motifs is 1. The molecule has 0 spiro atoms. The third-order valence-electron chi connectivity index (χ3n) is 4.35. The summed E-state index contributed by atoms with van der Waals surface area (Å²) >= 11 is 0. The lowest BCUT2D eigenvalue weighted by Gasteiger charge is -2.18. The van der Waals surface area contributed by atoms with Crippen molar-refractivity contribution in [1.82, 2.24) is 10.3 Å². The molecule has 27 heavy (non-hydrogen) atoms. The van der Waals surface area contributed by atoms with Crippen LogP contribution in [0.15, 0.2) is 71.9 Å². The Morgan fingerprint density at radius 3 is 2.63 bits per heavy atom. The van der Waals surface area contributed by atoms with E-state index in [1.165, 1.54) is 5.56 Å². The van der Waals surface area contributed by atoms with Crippen LogP contribution in [0.2, 0.25) is 0 Å². The maximum Gasteiger partial charge on any atom is 0.261 e. The lowest BCUT2D eigenvalue weighted by molar-refractivity contribution is 0.480. The van der Waals surface area contributed by atoms with Crippen molar-refractivity contribution in [3.05, 3.63) is 78.1 Å². The largest absolute Gasteiger partial charge is 0.456 e. The topological polar surface area (TPSA) is 80.3 Å². The van der Waals surface area contributed by atoms with Gasteiger partial charge in [-0.15, -0.1) is 0 Å². The van der Waals surface area contributed by atoms with Gasteiger partial charge in [-0.2, -0.15) is 0 Å². The van der Waals surface area contributed by atoms with Gasteiger partial charge in [-0.25, -0.2) is 8.42 Å². The molecule has 3 aromatic rings. The van der Waals surface area contributed by atoms with Gasteiger partial charge >= 0.3 is 0 Å². The number of hydrogen-bond acceptors (Lipinski definition) is 5. The van der Waals surface area contributed by atoms with Gasteiger partial charge in [0, 0.05) is 18.4 Å². The molecule has 0 amide bonds. The molecule has 4 rings (SSSR count). The molecule has 2 N–H and O–H groups in total. The Balaban J connectivity index is 1.49. The molecule has 0 fully saturated rings. The van der Waals surface area contributed by atoms with Crippen LogP contribution in [0.3, 0.4) is 0 Å². The minimum Gasteiger partial charge on any atom is -0.456 e. The van der Waals surface area contributed by atoms with Gasteiger partial charge in [0.15, 0.2) is 0 Å². The molecule has 138 valence electrons. The van der Waals surface area contributed by atoms with Crippen LogP contribution < -0.4 is 14.8 Å². The van der Waals surface area contributed by atoms with Gasteiger partial charge < -0.3 is 10.1 Å². The van der Waals surface area contributed by atoms with Crippen LogP contribution in [0.25, 0.3) is 0 Å². The number of rotatable bonds is 5. The van der Waals surface area contributed by atoms with E-state index in [1.54, 1.807) is 60.9 Å². The number of benzene rings is 2. The minimum atomic E-state index is -3.65. The second-order valence-electron chi connectivity index (χ2n) is 6.28. The van der Waals surface area contributed by atoms with Gasteiger partial charge in [-0.1, -0.05) is 6.07 Å². The van der Waals surface area contributed by atoms with Gasteiger partial charge in [0.2, 0.25) is 0 Å². The number of sulfonamides is 1. The number of anilines is 1. The molecule has 0 bridgehead atoms. The molecule has 0 unspecified atom stereocenters. The van der Waals surface area contributed by atoms with Gasteiger partial charge in [0.05, 0.1) is 11.1 Å². The molecule has 1 aliphatic heterocycles. The van der Waals surface area contributed by atoms with E-state index in [0.29, 0.717) is 23.7 Å². The summed E-state index contributed by atoms with van der Waals surface area (Å²) in [6, 6.07) is 15.6. The Kier molecular flexibility index (Phi) is 4.79. The third kappa shape index (κ3) is 4.10. The van der Waals surface area contributed by atoms with E-state index < -0.39 is 10.0 Å². The molecule has 1 aromatic heterocycles. The number of aromatic nitrogens is 1. The maximum atomic E-state index is 12.7. The number of nitrogens with zero attached hydrogens (tertiary/aromatic N) is 1. The SMILES string of the molecule is O=S(=O)(Nc1ccc(Oc2cccnc2)cc1)c1ccc2c(c1)CNCC2. The first-order valence-electron chi connectivity index (χ1n) is 8.63. The van der Waals surface area contributed by atoms with Gasteiger partial charge in [0.25, 0.3) is 10.0 Å². The molecular weight excluding hydrogens is 362 g/mol. The molecule has 6 nitrogen and oxygen atoms in total. The van der Waals surface area contributed by atoms with E-state index >= 15 is 0 Å². The summed E-state index contributed by atoms with van der Waals surface area (Å²) in [5.74, 6) is 1.22. The lowest BCUT2D eigenvalue weighted by Crippen LogP contribution is -2.24. The Morgan fingerprint density at radius 1 is 1.00 bits per heavy atom. The fraction of sp³-hybridized carbons (Fsp3) is 0.150. The summed E-state index contributed by atoms with van der Waals surface area (Å²) in [5.41, 5.74) is 2.71. The first-order valence-corrected chi connectivity index (χ1v) is 10.1. The first kappa shape index (κ1) is 17.5. The van der Waals surface area contributed by atoms with Crippen molar-refractivity contribution in [2.75, 3.05) is 11.3 Å². The highest BCUT2D eigenvalue weighted by Gasteiger charge is 2.17. The summed E-state index contributed by atoms with van der Waals surface area (Å²) in [7, 11) is -3.65. The van der Waals surface area contributed by atoms with Gasteiger partial charge in [-0.3, -0.25) is 9.71 Å². The van der Waals surface area contributed by atoms with Crippen LogP contribution in [-0.2, 0) is 23.0 Å². The lowest BCUT2D eigenvalue weighted by atomic mass is 10.0. The number of pyridine rings is 1. The molecule has 2 heterocycles. The summed E-state index contributed by atoms with van der Waals surface area (Å²) in [5, 5.41) is 3.26. The van der Waals surface area contributed by atoms with E-state index in [9.17, 15) is 8.42 Å². The van der Waals surface area contributed by atoms with E-state index in [4.69, 9.17) is 4.74 Å². The summed E-state index contributed by atoms with van der Waals surface area (Å²) in [6.07, 6.45) is 4.20. The summed E-state index contributed by atoms with van der Waals surface area (Å²) in [4.78, 5) is 4.25. The normalized spacial score (nSPS) is 13.6. The van der Waals surface area contributed by atoms with Crippen LogP contribution in [0.4, 0.5) is 5.69 Å².